The van der Waals surface area contributed by atoms with Crippen LogP contribution in [0.15, 0.2) is 87.4 Å². The smallest absolute Gasteiger partial charge is 0.335 e. The van der Waals surface area contributed by atoms with E-state index in [0.29, 0.717) is 35.6 Å². The number of hydrogen-bond acceptors (Lipinski definition) is 8. The van der Waals surface area contributed by atoms with Gasteiger partial charge in [-0.25, -0.2) is 31.4 Å². The molecule has 1 aromatic heterocycles. The predicted octanol–water partition coefficient (Wildman–Crippen LogP) is 3.50. The first kappa shape index (κ1) is 34.9. The highest BCUT2D eigenvalue weighted by atomic mass is 32.2. The van der Waals surface area contributed by atoms with E-state index in [2.05, 4.69) is 10.0 Å². The van der Waals surface area contributed by atoms with Crippen LogP contribution in [0.2, 0.25) is 0 Å². The second-order valence-corrected chi connectivity index (χ2v) is 13.2. The number of hydrogen-bond donors (Lipinski definition) is 2. The zero-order chi connectivity index (χ0) is 35.5. The fraction of sp³-hybridized carbons (Fsp3) is 0.265. The third-order valence-corrected chi connectivity index (χ3v) is 9.24. The van der Waals surface area contributed by atoms with Crippen molar-refractivity contribution in [3.05, 3.63) is 122 Å². The van der Waals surface area contributed by atoms with Crippen molar-refractivity contribution in [1.82, 2.24) is 14.5 Å². The Hall–Kier alpha value is -5.44. The Kier molecular flexibility index (Phi) is 10.2. The fourth-order valence-electron chi connectivity index (χ4n) is 5.07. The van der Waals surface area contributed by atoms with Gasteiger partial charge in [0.05, 0.1) is 22.9 Å². The molecule has 1 amide bonds. The molecule has 0 aliphatic heterocycles. The molecule has 1 saturated carbocycles. The molecule has 1 atom stereocenters. The van der Waals surface area contributed by atoms with Gasteiger partial charge in [-0.1, -0.05) is 24.3 Å². The molecule has 12 nitrogen and oxygen atoms in total. The number of amides is 1. The molecule has 0 radical (unpaired) electrons. The van der Waals surface area contributed by atoms with Gasteiger partial charge < -0.3 is 14.6 Å². The second-order valence-electron chi connectivity index (χ2n) is 11.5. The lowest BCUT2D eigenvalue weighted by Gasteiger charge is -2.18. The van der Waals surface area contributed by atoms with Crippen molar-refractivity contribution in [3.63, 3.8) is 0 Å². The zero-order valence-corrected chi connectivity index (χ0v) is 27.3. The molecule has 4 aromatic rings. The molecular weight excluding hydrogens is 662 g/mol. The molecule has 2 N–H and O–H groups in total. The summed E-state index contributed by atoms with van der Waals surface area (Å²) < 4.78 is 65.4. The summed E-state index contributed by atoms with van der Waals surface area (Å²) in [5.74, 6) is -4.75. The number of anilines is 1. The largest absolute Gasteiger partial charge is 0.464 e. The number of nitrogens with one attached hydrogen (secondary N) is 2. The number of esters is 1. The molecule has 0 spiro atoms. The zero-order valence-electron chi connectivity index (χ0n) is 26.4. The number of nitrogens with zero attached hydrogens (tertiary/aromatic N) is 2. The molecule has 1 aliphatic carbocycles. The predicted molar refractivity (Wildman–Crippen MR) is 174 cm³/mol. The minimum absolute atomic E-state index is 0.0541. The van der Waals surface area contributed by atoms with E-state index >= 15 is 8.78 Å². The number of ketones is 1. The number of aromatic nitrogens is 2. The number of benzene rings is 3. The molecule has 1 heterocycles. The van der Waals surface area contributed by atoms with Crippen molar-refractivity contribution in [1.29, 1.82) is 0 Å². The molecule has 5 rings (SSSR count). The van der Waals surface area contributed by atoms with Crippen LogP contribution in [-0.2, 0) is 33.0 Å². The highest BCUT2D eigenvalue weighted by Gasteiger charge is 2.28. The van der Waals surface area contributed by atoms with Crippen LogP contribution >= 0.6 is 0 Å². The minimum Gasteiger partial charge on any atom is -0.464 e. The number of rotatable bonds is 13. The first-order valence-corrected chi connectivity index (χ1v) is 16.8. The average molecular weight is 695 g/mol. The van der Waals surface area contributed by atoms with Crippen LogP contribution in [0.5, 0.6) is 0 Å². The Morgan fingerprint density at radius 3 is 2.18 bits per heavy atom. The average Bonchev–Trinajstić information content (AvgIpc) is 3.87. The van der Waals surface area contributed by atoms with Crippen molar-refractivity contribution in [3.8, 4) is 5.69 Å². The van der Waals surface area contributed by atoms with Gasteiger partial charge in [0.2, 0.25) is 0 Å². The fourth-order valence-corrected chi connectivity index (χ4v) is 6.11. The van der Waals surface area contributed by atoms with Gasteiger partial charge in [-0.15, -0.1) is 0 Å². The molecular formula is C34H32F2N4O8S. The SMILES string of the molecule is CCOC(=O)[C@H](Cc1ccc(-n2c(=O)ccn(C)c2=O)cc1)NC(=O)c1c(F)cc(NS(=O)(=O)c2ccc(C(=O)CC3CC3)cc2)cc1F. The maximum Gasteiger partial charge on any atom is 0.335 e. The molecule has 49 heavy (non-hydrogen) atoms. The van der Waals surface area contributed by atoms with Gasteiger partial charge in [0, 0.05) is 37.7 Å². The monoisotopic (exact) mass is 694 g/mol. The van der Waals surface area contributed by atoms with Crippen LogP contribution in [-0.4, -0.2) is 47.9 Å². The number of carbonyl (C=O) groups is 3. The van der Waals surface area contributed by atoms with E-state index in [4.69, 9.17) is 4.74 Å². The normalized spacial score (nSPS) is 13.4. The molecule has 0 bridgehead atoms. The van der Waals surface area contributed by atoms with Gasteiger partial charge in [0.25, 0.3) is 21.5 Å². The van der Waals surface area contributed by atoms with Crippen molar-refractivity contribution in [2.24, 2.45) is 13.0 Å². The second kappa shape index (κ2) is 14.4. The van der Waals surface area contributed by atoms with Gasteiger partial charge in [0.15, 0.2) is 5.78 Å². The van der Waals surface area contributed by atoms with Crippen LogP contribution in [0, 0.1) is 17.6 Å². The number of sulfonamides is 1. The Bertz CT molecular complexity index is 2120. The first-order chi connectivity index (χ1) is 23.3. The summed E-state index contributed by atoms with van der Waals surface area (Å²) in [6.07, 6.45) is 3.51. The molecule has 15 heteroatoms. The summed E-state index contributed by atoms with van der Waals surface area (Å²) in [6, 6.07) is 12.2. The Morgan fingerprint density at radius 1 is 0.959 bits per heavy atom. The summed E-state index contributed by atoms with van der Waals surface area (Å²) in [4.78, 5) is 62.6. The van der Waals surface area contributed by atoms with Crippen molar-refractivity contribution in [2.45, 2.75) is 43.5 Å². The molecule has 0 saturated heterocycles. The van der Waals surface area contributed by atoms with E-state index < -0.39 is 62.1 Å². The van der Waals surface area contributed by atoms with Crippen LogP contribution in [0.4, 0.5) is 14.5 Å². The Labute approximate surface area is 279 Å². The van der Waals surface area contributed by atoms with E-state index in [1.54, 1.807) is 0 Å². The number of aryl methyl sites for hydroxylation is 1. The van der Waals surface area contributed by atoms with E-state index in [9.17, 15) is 32.4 Å². The van der Waals surface area contributed by atoms with Crippen molar-refractivity contribution >= 4 is 33.4 Å². The van der Waals surface area contributed by atoms with Crippen LogP contribution in [0.25, 0.3) is 5.69 Å². The lowest BCUT2D eigenvalue weighted by molar-refractivity contribution is -0.145. The number of halogens is 2. The van der Waals surface area contributed by atoms with Crippen LogP contribution in [0.3, 0.4) is 0 Å². The molecule has 3 aromatic carbocycles. The molecule has 1 fully saturated rings. The van der Waals surface area contributed by atoms with Gasteiger partial charge in [0.1, 0.15) is 23.2 Å². The molecule has 0 unspecified atom stereocenters. The van der Waals surface area contributed by atoms with E-state index in [0.717, 1.165) is 17.4 Å². The van der Waals surface area contributed by atoms with E-state index in [-0.39, 0.29) is 29.4 Å². The maximum atomic E-state index is 15.2. The first-order valence-electron chi connectivity index (χ1n) is 15.3. The number of carbonyl (C=O) groups excluding carboxylic acids is 3. The van der Waals surface area contributed by atoms with Crippen molar-refractivity contribution < 1.29 is 36.3 Å². The summed E-state index contributed by atoms with van der Waals surface area (Å²) in [7, 11) is -2.84. The van der Waals surface area contributed by atoms with Crippen molar-refractivity contribution in [2.75, 3.05) is 11.3 Å². The lowest BCUT2D eigenvalue weighted by Crippen LogP contribution is -2.44. The van der Waals surface area contributed by atoms with Gasteiger partial charge >= 0.3 is 11.7 Å². The van der Waals surface area contributed by atoms with Crippen LogP contribution < -0.4 is 21.3 Å². The quantitative estimate of drug-likeness (QED) is 0.159. The van der Waals surface area contributed by atoms with Crippen LogP contribution in [0.1, 0.15) is 52.5 Å². The third kappa shape index (κ3) is 8.17. The number of Topliss-reactive ketones (excluding diaryl/α,β-unsaturated/α-hetero) is 1. The Balaban J connectivity index is 1.30. The molecule has 1 aliphatic rings. The highest BCUT2D eigenvalue weighted by molar-refractivity contribution is 7.92. The topological polar surface area (TPSA) is 163 Å². The standard InChI is InChI=1S/C34H32F2N4O8S/c1-3-48-33(44)28(16-20-6-10-24(11-7-20)40-30(42)14-15-39(2)34(40)45)37-32(43)31-26(35)18-23(19-27(31)36)38-49(46,47)25-12-8-22(9-13-25)29(41)17-21-4-5-21/h6-15,18-19,21,28,38H,3-5,16-17H2,1-2H3,(H,37,43)/t28-/m0/s1. The van der Waals surface area contributed by atoms with E-state index in [1.165, 1.54) is 79.3 Å². The third-order valence-electron chi connectivity index (χ3n) is 7.84. The lowest BCUT2D eigenvalue weighted by atomic mass is 10.0. The minimum atomic E-state index is -4.33. The maximum absolute atomic E-state index is 15.2. The summed E-state index contributed by atoms with van der Waals surface area (Å²) in [5.41, 5.74) is -1.64. The number of ether oxygens (including phenoxy) is 1. The van der Waals surface area contributed by atoms with E-state index in [1.807, 2.05) is 0 Å². The summed E-state index contributed by atoms with van der Waals surface area (Å²) >= 11 is 0. The summed E-state index contributed by atoms with van der Waals surface area (Å²) in [6.45, 7) is 1.48. The summed E-state index contributed by atoms with van der Waals surface area (Å²) in [5, 5.41) is 2.28. The van der Waals surface area contributed by atoms with Gasteiger partial charge in [-0.05, 0) is 67.6 Å². The Morgan fingerprint density at radius 2 is 1.59 bits per heavy atom. The molecule has 256 valence electrons. The van der Waals surface area contributed by atoms with Gasteiger partial charge in [-0.2, -0.15) is 0 Å². The highest BCUT2D eigenvalue weighted by Crippen LogP contribution is 2.33. The van der Waals surface area contributed by atoms with Gasteiger partial charge in [-0.3, -0.25) is 19.1 Å².